The molecule has 11 heavy (non-hydrogen) atoms. The van der Waals surface area contributed by atoms with Crippen LogP contribution in [0.4, 0.5) is 0 Å². The Morgan fingerprint density at radius 1 is 1.36 bits per heavy atom. The van der Waals surface area contributed by atoms with Crippen LogP contribution in [0.2, 0.25) is 0 Å². The Labute approximate surface area is 70.4 Å². The van der Waals surface area contributed by atoms with Crippen molar-refractivity contribution in [3.05, 3.63) is 12.8 Å². The lowest BCUT2D eigenvalue weighted by Crippen LogP contribution is -2.35. The van der Waals surface area contributed by atoms with E-state index in [4.69, 9.17) is 0 Å². The van der Waals surface area contributed by atoms with Crippen molar-refractivity contribution in [2.75, 3.05) is 0 Å². The third-order valence-electron chi connectivity index (χ3n) is 2.62. The Hall–Kier alpha value is -0.590. The van der Waals surface area contributed by atoms with Crippen molar-refractivity contribution in [3.63, 3.8) is 0 Å². The van der Waals surface area contributed by atoms with E-state index in [9.17, 15) is 0 Å². The van der Waals surface area contributed by atoms with Gasteiger partial charge in [-0.3, -0.25) is 0 Å². The third-order valence-corrected chi connectivity index (χ3v) is 2.62. The van der Waals surface area contributed by atoms with E-state index < -0.39 is 0 Å². The first-order chi connectivity index (χ1) is 5.14. The van der Waals surface area contributed by atoms with Crippen LogP contribution in [0.5, 0.6) is 0 Å². The monoisotopic (exact) mass is 154 g/mol. The fourth-order valence-electron chi connectivity index (χ4n) is 1.25. The van der Waals surface area contributed by atoms with Gasteiger partial charge in [0.15, 0.2) is 11.7 Å². The minimum Gasteiger partial charge on any atom is -0.205 e. The Kier molecular flexibility index (Phi) is 4.09. The number of nitrogens with zero attached hydrogens (tertiary/aromatic N) is 1. The molecule has 0 aliphatic heterocycles. The van der Waals surface area contributed by atoms with Gasteiger partial charge in [0.1, 0.15) is 6.21 Å². The summed E-state index contributed by atoms with van der Waals surface area (Å²) >= 11 is 0. The van der Waals surface area contributed by atoms with Crippen LogP contribution in [0.25, 0.3) is 0 Å². The van der Waals surface area contributed by atoms with E-state index in [-0.39, 0.29) is 5.54 Å². The van der Waals surface area contributed by atoms with Gasteiger partial charge in [-0.15, -0.1) is 0 Å². The Morgan fingerprint density at radius 3 is 1.91 bits per heavy atom. The lowest BCUT2D eigenvalue weighted by Gasteiger charge is -2.21. The van der Waals surface area contributed by atoms with Crippen molar-refractivity contribution < 1.29 is 4.58 Å². The van der Waals surface area contributed by atoms with Crippen LogP contribution in [0.1, 0.15) is 40.5 Å². The Morgan fingerprint density at radius 2 is 1.82 bits per heavy atom. The molecule has 0 aromatic heterocycles. The van der Waals surface area contributed by atoms with Gasteiger partial charge >= 0.3 is 0 Å². The normalized spacial score (nSPS) is 13.3. The van der Waals surface area contributed by atoms with E-state index >= 15 is 0 Å². The van der Waals surface area contributed by atoms with Crippen molar-refractivity contribution in [2.24, 2.45) is 0 Å². The molecule has 0 spiro atoms. The first-order valence-corrected chi connectivity index (χ1v) is 4.35. The molecule has 0 fully saturated rings. The molecule has 0 aromatic rings. The third kappa shape index (κ3) is 2.18. The quantitative estimate of drug-likeness (QED) is 0.432. The first-order valence-electron chi connectivity index (χ1n) is 4.35. The molecule has 0 radical (unpaired) electrons. The summed E-state index contributed by atoms with van der Waals surface area (Å²) in [4.78, 5) is 0. The number of hydrogen-bond donors (Lipinski definition) is 0. The van der Waals surface area contributed by atoms with E-state index in [0.717, 1.165) is 12.8 Å². The average molecular weight is 154 g/mol. The molecule has 0 aliphatic rings. The predicted molar refractivity (Wildman–Crippen MR) is 51.2 cm³/mol. The van der Waals surface area contributed by atoms with Gasteiger partial charge in [0.2, 0.25) is 0 Å². The standard InChI is InChI=1S/C10H20N/c1-6-10(5,7-2)11(8-3)9-4/h8-9H,3,6-7H2,1-2,4-5H3/q+1. The molecule has 0 amide bonds. The summed E-state index contributed by atoms with van der Waals surface area (Å²) in [7, 11) is 0. The van der Waals surface area contributed by atoms with Crippen molar-refractivity contribution in [1.82, 2.24) is 0 Å². The molecule has 0 atom stereocenters. The lowest BCUT2D eigenvalue weighted by molar-refractivity contribution is -0.542. The fourth-order valence-corrected chi connectivity index (χ4v) is 1.25. The molecular weight excluding hydrogens is 134 g/mol. The minimum atomic E-state index is 0.260. The van der Waals surface area contributed by atoms with Crippen LogP contribution in [-0.2, 0) is 0 Å². The smallest absolute Gasteiger partial charge is 0.164 e. The molecule has 0 saturated heterocycles. The second kappa shape index (κ2) is 4.32. The largest absolute Gasteiger partial charge is 0.205 e. The highest BCUT2D eigenvalue weighted by Crippen LogP contribution is 2.18. The van der Waals surface area contributed by atoms with E-state index in [2.05, 4.69) is 38.1 Å². The molecule has 0 aliphatic carbocycles. The second-order valence-electron chi connectivity index (χ2n) is 3.05. The topological polar surface area (TPSA) is 3.01 Å². The molecular formula is C10H20N+. The summed E-state index contributed by atoms with van der Waals surface area (Å²) in [5, 5.41) is 0. The molecule has 1 nitrogen and oxygen atoms in total. The van der Waals surface area contributed by atoms with E-state index in [0.29, 0.717) is 0 Å². The van der Waals surface area contributed by atoms with E-state index in [1.165, 1.54) is 0 Å². The van der Waals surface area contributed by atoms with Crippen LogP contribution < -0.4 is 0 Å². The first kappa shape index (κ1) is 10.4. The summed E-state index contributed by atoms with van der Waals surface area (Å²) in [5.74, 6) is 0. The minimum absolute atomic E-state index is 0.260. The molecule has 0 aromatic carbocycles. The summed E-state index contributed by atoms with van der Waals surface area (Å²) < 4.78 is 2.19. The molecule has 0 heterocycles. The second-order valence-corrected chi connectivity index (χ2v) is 3.05. The molecule has 64 valence electrons. The van der Waals surface area contributed by atoms with E-state index in [1.54, 1.807) is 0 Å². The maximum Gasteiger partial charge on any atom is 0.164 e. The SMILES string of the molecule is C=C[N+](=CC)C(C)(CC)CC. The number of hydrogen-bond acceptors (Lipinski definition) is 0. The summed E-state index contributed by atoms with van der Waals surface area (Å²) in [6.07, 6.45) is 6.28. The van der Waals surface area contributed by atoms with Crippen LogP contribution in [0.3, 0.4) is 0 Å². The summed E-state index contributed by atoms with van der Waals surface area (Å²) in [5.41, 5.74) is 0.260. The van der Waals surface area contributed by atoms with Gasteiger partial charge in [-0.1, -0.05) is 13.8 Å². The van der Waals surface area contributed by atoms with Gasteiger partial charge in [-0.05, 0) is 6.58 Å². The highest BCUT2D eigenvalue weighted by atomic mass is 15.1. The van der Waals surface area contributed by atoms with Crippen LogP contribution in [-0.4, -0.2) is 16.3 Å². The van der Waals surface area contributed by atoms with Gasteiger partial charge in [-0.25, -0.2) is 4.58 Å². The highest BCUT2D eigenvalue weighted by molar-refractivity contribution is 5.47. The number of rotatable bonds is 4. The molecule has 0 bridgehead atoms. The van der Waals surface area contributed by atoms with E-state index in [1.807, 2.05) is 13.1 Å². The van der Waals surface area contributed by atoms with Gasteiger partial charge in [0.25, 0.3) is 0 Å². The van der Waals surface area contributed by atoms with Gasteiger partial charge in [0, 0.05) is 26.7 Å². The zero-order valence-corrected chi connectivity index (χ0v) is 8.22. The molecule has 1 heteroatoms. The van der Waals surface area contributed by atoms with Crippen molar-refractivity contribution in [2.45, 2.75) is 46.1 Å². The van der Waals surface area contributed by atoms with Crippen LogP contribution in [0.15, 0.2) is 12.8 Å². The molecule has 0 unspecified atom stereocenters. The van der Waals surface area contributed by atoms with Crippen molar-refractivity contribution >= 4 is 6.21 Å². The van der Waals surface area contributed by atoms with Crippen LogP contribution >= 0.6 is 0 Å². The maximum atomic E-state index is 3.79. The van der Waals surface area contributed by atoms with Gasteiger partial charge in [0.05, 0.1) is 0 Å². The van der Waals surface area contributed by atoms with Crippen molar-refractivity contribution in [3.8, 4) is 0 Å². The summed E-state index contributed by atoms with van der Waals surface area (Å²) in [6.45, 7) is 12.5. The zero-order valence-electron chi connectivity index (χ0n) is 8.22. The van der Waals surface area contributed by atoms with Gasteiger partial charge in [-0.2, -0.15) is 0 Å². The maximum absolute atomic E-state index is 3.79. The fraction of sp³-hybridized carbons (Fsp3) is 0.700. The lowest BCUT2D eigenvalue weighted by atomic mass is 9.95. The zero-order chi connectivity index (χ0) is 8.91. The Balaban J connectivity index is 4.59. The summed E-state index contributed by atoms with van der Waals surface area (Å²) in [6, 6.07) is 0. The predicted octanol–water partition coefficient (Wildman–Crippen LogP) is 2.81. The Bertz CT molecular complexity index is 152. The van der Waals surface area contributed by atoms with Gasteiger partial charge < -0.3 is 0 Å². The van der Waals surface area contributed by atoms with Crippen LogP contribution in [0, 0.1) is 0 Å². The molecule has 0 saturated carbocycles. The molecule has 0 N–H and O–H groups in total. The van der Waals surface area contributed by atoms with Crippen molar-refractivity contribution in [1.29, 1.82) is 0 Å². The highest BCUT2D eigenvalue weighted by Gasteiger charge is 2.29. The molecule has 0 rings (SSSR count). The average Bonchev–Trinajstić information content (AvgIpc) is 2.06.